The number of nitrogens with zero attached hydrogens (tertiary/aromatic N) is 1. The van der Waals surface area contributed by atoms with Crippen molar-refractivity contribution in [1.29, 1.82) is 5.41 Å². The first-order valence-electron chi connectivity index (χ1n) is 6.58. The van der Waals surface area contributed by atoms with Gasteiger partial charge in [0.15, 0.2) is 0 Å². The van der Waals surface area contributed by atoms with Gasteiger partial charge in [-0.25, -0.2) is 0 Å². The summed E-state index contributed by atoms with van der Waals surface area (Å²) >= 11 is 0. The third-order valence-electron chi connectivity index (χ3n) is 3.48. The van der Waals surface area contributed by atoms with E-state index >= 15 is 0 Å². The molecule has 0 aromatic heterocycles. The molecule has 1 aliphatic rings. The summed E-state index contributed by atoms with van der Waals surface area (Å²) in [6, 6.07) is 0.740. The van der Waals surface area contributed by atoms with Crippen LogP contribution in [-0.2, 0) is 0 Å². The third kappa shape index (κ3) is 4.12. The molecule has 0 saturated heterocycles. The van der Waals surface area contributed by atoms with E-state index in [4.69, 9.17) is 11.1 Å². The third-order valence-corrected chi connectivity index (χ3v) is 3.48. The van der Waals surface area contributed by atoms with Gasteiger partial charge in [-0.05, 0) is 18.8 Å². The van der Waals surface area contributed by atoms with E-state index < -0.39 is 0 Å². The molecule has 3 nitrogen and oxygen atoms in total. The van der Waals surface area contributed by atoms with Gasteiger partial charge >= 0.3 is 0 Å². The van der Waals surface area contributed by atoms with Crippen molar-refractivity contribution in [2.75, 3.05) is 13.1 Å². The first-order chi connectivity index (χ1) is 7.50. The normalized spacial score (nSPS) is 19.6. The molecular weight excluding hydrogens is 198 g/mol. The summed E-state index contributed by atoms with van der Waals surface area (Å²) in [5, 5.41) is 7.50. The van der Waals surface area contributed by atoms with E-state index in [1.807, 2.05) is 0 Å². The van der Waals surface area contributed by atoms with E-state index in [-0.39, 0.29) is 5.92 Å². The van der Waals surface area contributed by atoms with Crippen molar-refractivity contribution in [2.45, 2.75) is 52.5 Å². The van der Waals surface area contributed by atoms with Crippen LogP contribution in [0.2, 0.25) is 0 Å². The quantitative estimate of drug-likeness (QED) is 0.539. The predicted molar refractivity (Wildman–Crippen MR) is 69.7 cm³/mol. The average molecular weight is 225 g/mol. The molecule has 3 heteroatoms. The molecule has 1 saturated carbocycles. The first-order valence-corrected chi connectivity index (χ1v) is 6.58. The molecule has 0 heterocycles. The second-order valence-corrected chi connectivity index (χ2v) is 5.64. The van der Waals surface area contributed by atoms with Gasteiger partial charge in [0, 0.05) is 25.0 Å². The molecule has 0 aromatic carbocycles. The van der Waals surface area contributed by atoms with E-state index in [0.29, 0.717) is 11.8 Å². The maximum Gasteiger partial charge on any atom is 0.0947 e. The highest BCUT2D eigenvalue weighted by molar-refractivity contribution is 5.79. The van der Waals surface area contributed by atoms with Gasteiger partial charge < -0.3 is 5.73 Å². The van der Waals surface area contributed by atoms with Crippen LogP contribution < -0.4 is 5.73 Å². The molecular formula is C13H27N3. The lowest BCUT2D eigenvalue weighted by Crippen LogP contribution is -2.41. The number of amidine groups is 1. The van der Waals surface area contributed by atoms with Crippen LogP contribution >= 0.6 is 0 Å². The number of nitrogens with two attached hydrogens (primary N) is 1. The molecule has 16 heavy (non-hydrogen) atoms. The van der Waals surface area contributed by atoms with Crippen molar-refractivity contribution in [3.63, 3.8) is 0 Å². The Bertz CT molecular complexity index is 219. The van der Waals surface area contributed by atoms with Gasteiger partial charge in [0.1, 0.15) is 0 Å². The smallest absolute Gasteiger partial charge is 0.0947 e. The molecule has 0 aromatic rings. The van der Waals surface area contributed by atoms with E-state index in [1.165, 1.54) is 25.7 Å². The summed E-state index contributed by atoms with van der Waals surface area (Å²) < 4.78 is 0. The van der Waals surface area contributed by atoms with Gasteiger partial charge in [-0.3, -0.25) is 10.3 Å². The lowest BCUT2D eigenvalue weighted by Gasteiger charge is -2.32. The Balaban J connectivity index is 2.52. The van der Waals surface area contributed by atoms with E-state index in [1.54, 1.807) is 0 Å². The summed E-state index contributed by atoms with van der Waals surface area (Å²) in [4.78, 5) is 2.56. The SMILES string of the molecule is CC(C)CN(CC(C)C(=N)N)C1CCCC1. The Morgan fingerprint density at radius 2 is 1.81 bits per heavy atom. The minimum atomic E-state index is 0.194. The minimum absolute atomic E-state index is 0.194. The van der Waals surface area contributed by atoms with Gasteiger partial charge in [0.25, 0.3) is 0 Å². The highest BCUT2D eigenvalue weighted by Crippen LogP contribution is 2.24. The highest BCUT2D eigenvalue weighted by atomic mass is 15.2. The molecule has 1 aliphatic carbocycles. The fraction of sp³-hybridized carbons (Fsp3) is 0.923. The monoisotopic (exact) mass is 225 g/mol. The minimum Gasteiger partial charge on any atom is -0.387 e. The lowest BCUT2D eigenvalue weighted by molar-refractivity contribution is 0.167. The van der Waals surface area contributed by atoms with Crippen LogP contribution in [0.25, 0.3) is 0 Å². The van der Waals surface area contributed by atoms with Crippen molar-refractivity contribution < 1.29 is 0 Å². The summed E-state index contributed by atoms with van der Waals surface area (Å²) in [6.45, 7) is 8.69. The molecule has 0 amide bonds. The Kier molecular flexibility index (Phi) is 5.26. The predicted octanol–water partition coefficient (Wildman–Crippen LogP) is 2.46. The maximum atomic E-state index is 7.50. The van der Waals surface area contributed by atoms with Crippen molar-refractivity contribution in [3.8, 4) is 0 Å². The van der Waals surface area contributed by atoms with E-state index in [0.717, 1.165) is 19.1 Å². The van der Waals surface area contributed by atoms with Crippen molar-refractivity contribution in [2.24, 2.45) is 17.6 Å². The number of hydrogen-bond acceptors (Lipinski definition) is 2. The molecule has 94 valence electrons. The summed E-state index contributed by atoms with van der Waals surface area (Å²) in [5.74, 6) is 1.21. The van der Waals surface area contributed by atoms with Crippen LogP contribution in [0.15, 0.2) is 0 Å². The zero-order chi connectivity index (χ0) is 12.1. The molecule has 0 spiro atoms. The lowest BCUT2D eigenvalue weighted by atomic mass is 10.1. The number of hydrogen-bond donors (Lipinski definition) is 2. The molecule has 1 rings (SSSR count). The molecule has 0 radical (unpaired) electrons. The summed E-state index contributed by atoms with van der Waals surface area (Å²) in [5.41, 5.74) is 5.57. The second kappa shape index (κ2) is 6.24. The van der Waals surface area contributed by atoms with Crippen LogP contribution in [0.3, 0.4) is 0 Å². The largest absolute Gasteiger partial charge is 0.387 e. The Labute approximate surface area is 99.9 Å². The summed E-state index contributed by atoms with van der Waals surface area (Å²) in [6.07, 6.45) is 5.40. The van der Waals surface area contributed by atoms with Crippen molar-refractivity contribution >= 4 is 5.84 Å². The molecule has 1 fully saturated rings. The fourth-order valence-corrected chi connectivity index (χ4v) is 2.56. The van der Waals surface area contributed by atoms with Crippen LogP contribution in [0.4, 0.5) is 0 Å². The van der Waals surface area contributed by atoms with Crippen LogP contribution in [0.1, 0.15) is 46.5 Å². The van der Waals surface area contributed by atoms with Gasteiger partial charge in [-0.1, -0.05) is 33.6 Å². The van der Waals surface area contributed by atoms with Gasteiger partial charge in [-0.2, -0.15) is 0 Å². The first kappa shape index (κ1) is 13.5. The molecule has 1 atom stereocenters. The molecule has 3 N–H and O–H groups in total. The zero-order valence-corrected chi connectivity index (χ0v) is 11.0. The highest BCUT2D eigenvalue weighted by Gasteiger charge is 2.24. The Morgan fingerprint density at radius 1 is 1.25 bits per heavy atom. The van der Waals surface area contributed by atoms with Gasteiger partial charge in [-0.15, -0.1) is 0 Å². The molecule has 1 unspecified atom stereocenters. The second-order valence-electron chi connectivity index (χ2n) is 5.64. The number of nitrogens with one attached hydrogen (secondary N) is 1. The van der Waals surface area contributed by atoms with Crippen LogP contribution in [0, 0.1) is 17.2 Å². The average Bonchev–Trinajstić information content (AvgIpc) is 2.68. The van der Waals surface area contributed by atoms with Gasteiger partial charge in [0.05, 0.1) is 5.84 Å². The van der Waals surface area contributed by atoms with Crippen LogP contribution in [-0.4, -0.2) is 29.9 Å². The van der Waals surface area contributed by atoms with E-state index in [2.05, 4.69) is 25.7 Å². The molecule has 0 aliphatic heterocycles. The van der Waals surface area contributed by atoms with E-state index in [9.17, 15) is 0 Å². The Morgan fingerprint density at radius 3 is 2.25 bits per heavy atom. The fourth-order valence-electron chi connectivity index (χ4n) is 2.56. The van der Waals surface area contributed by atoms with Crippen molar-refractivity contribution in [1.82, 2.24) is 4.90 Å². The van der Waals surface area contributed by atoms with Gasteiger partial charge in [0.2, 0.25) is 0 Å². The summed E-state index contributed by atoms with van der Waals surface area (Å²) in [7, 11) is 0. The zero-order valence-electron chi connectivity index (χ0n) is 11.0. The van der Waals surface area contributed by atoms with Crippen molar-refractivity contribution in [3.05, 3.63) is 0 Å². The van der Waals surface area contributed by atoms with Crippen LogP contribution in [0.5, 0.6) is 0 Å². The Hall–Kier alpha value is -0.570. The standard InChI is InChI=1S/C13H27N3/c1-10(2)8-16(9-11(3)13(14)15)12-6-4-5-7-12/h10-12H,4-9H2,1-3H3,(H3,14,15). The number of rotatable bonds is 6. The maximum absolute atomic E-state index is 7.50. The molecule has 0 bridgehead atoms. The topological polar surface area (TPSA) is 53.1 Å².